The van der Waals surface area contributed by atoms with E-state index in [9.17, 15) is 9.90 Å². The van der Waals surface area contributed by atoms with Crippen LogP contribution in [0.4, 0.5) is 0 Å². The summed E-state index contributed by atoms with van der Waals surface area (Å²) < 4.78 is 7.29. The van der Waals surface area contributed by atoms with Crippen LogP contribution in [0, 0.1) is 27.7 Å². The molecule has 182 valence electrons. The minimum Gasteiger partial charge on any atom is -0.471 e. The molecule has 0 aliphatic heterocycles. The second-order valence-electron chi connectivity index (χ2n) is 8.83. The Balaban J connectivity index is 1.76. The fourth-order valence-corrected chi connectivity index (χ4v) is 4.39. The molecule has 0 atom stereocenters. The van der Waals surface area contributed by atoms with Gasteiger partial charge in [0, 0.05) is 17.1 Å². The van der Waals surface area contributed by atoms with Crippen molar-refractivity contribution in [3.8, 4) is 22.8 Å². The van der Waals surface area contributed by atoms with Crippen molar-refractivity contribution in [2.75, 3.05) is 0 Å². The number of halogens is 1. The van der Waals surface area contributed by atoms with Gasteiger partial charge in [-0.3, -0.25) is 9.36 Å². The van der Waals surface area contributed by atoms with Crippen LogP contribution in [0.1, 0.15) is 47.3 Å². The Morgan fingerprint density at radius 2 is 1.89 bits per heavy atom. The predicted octanol–water partition coefficient (Wildman–Crippen LogP) is 4.84. The minimum absolute atomic E-state index is 0.230. The van der Waals surface area contributed by atoms with Gasteiger partial charge in [-0.15, -0.1) is 11.3 Å². The van der Waals surface area contributed by atoms with Gasteiger partial charge < -0.3 is 9.84 Å². The van der Waals surface area contributed by atoms with Gasteiger partial charge in [-0.25, -0.2) is 15.0 Å². The molecule has 0 aliphatic carbocycles. The number of rotatable bonds is 6. The molecule has 0 saturated carbocycles. The average Bonchev–Trinajstić information content (AvgIpc) is 3.21. The Morgan fingerprint density at radius 3 is 2.54 bits per heavy atom. The molecule has 1 aromatic carbocycles. The van der Waals surface area contributed by atoms with Crippen LogP contribution in [0.2, 0.25) is 5.02 Å². The minimum atomic E-state index is -1.20. The highest BCUT2D eigenvalue weighted by Gasteiger charge is 2.22. The summed E-state index contributed by atoms with van der Waals surface area (Å²) in [6, 6.07) is 5.33. The summed E-state index contributed by atoms with van der Waals surface area (Å²) in [6.07, 6.45) is 1.67. The van der Waals surface area contributed by atoms with Gasteiger partial charge in [0.2, 0.25) is 5.88 Å². The molecule has 8 nitrogen and oxygen atoms in total. The molecule has 0 bridgehead atoms. The van der Waals surface area contributed by atoms with Crippen LogP contribution in [0.5, 0.6) is 5.88 Å². The topological polar surface area (TPSA) is 103 Å². The molecule has 4 rings (SSSR count). The first-order valence-corrected chi connectivity index (χ1v) is 12.2. The Kier molecular flexibility index (Phi) is 6.77. The van der Waals surface area contributed by atoms with E-state index in [4.69, 9.17) is 16.3 Å². The van der Waals surface area contributed by atoms with Crippen molar-refractivity contribution < 1.29 is 9.84 Å². The molecular formula is C25H26ClN5O3S. The van der Waals surface area contributed by atoms with Gasteiger partial charge in [0.25, 0.3) is 5.56 Å². The van der Waals surface area contributed by atoms with Gasteiger partial charge in [-0.1, -0.05) is 17.7 Å². The standard InChI is InChI=1S/C25H26ClN5O3S/c1-13-10-27-24(25(5,6)33)30-21(13)17-7-8-19(26)20(9-17)31-15(3)28-22(14(2)23(31)32)34-11-18-12-35-16(4)29-18/h7-10,12,33H,11H2,1-6H3. The van der Waals surface area contributed by atoms with Crippen LogP contribution >= 0.6 is 22.9 Å². The van der Waals surface area contributed by atoms with Crippen LogP contribution in [-0.4, -0.2) is 29.6 Å². The monoisotopic (exact) mass is 511 g/mol. The highest BCUT2D eigenvalue weighted by atomic mass is 35.5. The van der Waals surface area contributed by atoms with E-state index >= 15 is 0 Å². The molecule has 0 radical (unpaired) electrons. The predicted molar refractivity (Wildman–Crippen MR) is 137 cm³/mol. The van der Waals surface area contributed by atoms with Crippen LogP contribution in [0.25, 0.3) is 16.9 Å². The number of aliphatic hydroxyl groups is 1. The third kappa shape index (κ3) is 5.12. The van der Waals surface area contributed by atoms with E-state index in [1.807, 2.05) is 25.3 Å². The van der Waals surface area contributed by atoms with E-state index in [0.29, 0.717) is 33.6 Å². The molecule has 0 amide bonds. The second kappa shape index (κ2) is 9.49. The number of hydrogen-bond acceptors (Lipinski definition) is 8. The fraction of sp³-hybridized carbons (Fsp3) is 0.320. The lowest BCUT2D eigenvalue weighted by Gasteiger charge is -2.18. The number of benzene rings is 1. The normalized spacial score (nSPS) is 11.7. The van der Waals surface area contributed by atoms with E-state index in [2.05, 4.69) is 19.9 Å². The van der Waals surface area contributed by atoms with Crippen LogP contribution in [0.15, 0.2) is 34.6 Å². The van der Waals surface area contributed by atoms with Gasteiger partial charge in [0.1, 0.15) is 18.0 Å². The first-order chi connectivity index (χ1) is 16.5. The van der Waals surface area contributed by atoms with Crippen LogP contribution in [0.3, 0.4) is 0 Å². The van der Waals surface area contributed by atoms with Crippen molar-refractivity contribution in [2.45, 2.75) is 53.8 Å². The van der Waals surface area contributed by atoms with E-state index in [-0.39, 0.29) is 18.0 Å². The quantitative estimate of drug-likeness (QED) is 0.395. The van der Waals surface area contributed by atoms with Gasteiger partial charge in [-0.2, -0.15) is 4.98 Å². The molecule has 0 spiro atoms. The van der Waals surface area contributed by atoms with E-state index in [0.717, 1.165) is 21.8 Å². The molecule has 0 saturated heterocycles. The zero-order valence-electron chi connectivity index (χ0n) is 20.4. The summed E-state index contributed by atoms with van der Waals surface area (Å²) in [7, 11) is 0. The lowest BCUT2D eigenvalue weighted by atomic mass is 10.0. The zero-order valence-corrected chi connectivity index (χ0v) is 22.0. The Labute approximate surface area is 212 Å². The molecule has 0 aliphatic rings. The average molecular weight is 512 g/mol. The van der Waals surface area contributed by atoms with E-state index in [1.54, 1.807) is 46.0 Å². The van der Waals surface area contributed by atoms with Crippen molar-refractivity contribution in [1.29, 1.82) is 0 Å². The maximum absolute atomic E-state index is 13.4. The van der Waals surface area contributed by atoms with Gasteiger partial charge in [0.15, 0.2) is 5.82 Å². The Bertz CT molecular complexity index is 1470. The zero-order chi connectivity index (χ0) is 25.5. The van der Waals surface area contributed by atoms with Crippen molar-refractivity contribution in [2.24, 2.45) is 0 Å². The van der Waals surface area contributed by atoms with Crippen molar-refractivity contribution in [3.63, 3.8) is 0 Å². The Hall–Kier alpha value is -3.14. The first kappa shape index (κ1) is 25.0. The fourth-order valence-electron chi connectivity index (χ4n) is 3.59. The largest absolute Gasteiger partial charge is 0.471 e. The summed E-state index contributed by atoms with van der Waals surface area (Å²) in [5.74, 6) is 1.00. The van der Waals surface area contributed by atoms with E-state index < -0.39 is 5.60 Å². The smallest absolute Gasteiger partial charge is 0.264 e. The summed E-state index contributed by atoms with van der Waals surface area (Å²) in [6.45, 7) is 10.7. The first-order valence-electron chi connectivity index (χ1n) is 11.0. The summed E-state index contributed by atoms with van der Waals surface area (Å²) in [5.41, 5.74) is 2.36. The number of nitrogens with zero attached hydrogens (tertiary/aromatic N) is 5. The van der Waals surface area contributed by atoms with Gasteiger partial charge in [-0.05, 0) is 59.2 Å². The number of aryl methyl sites for hydroxylation is 3. The molecule has 35 heavy (non-hydrogen) atoms. The summed E-state index contributed by atoms with van der Waals surface area (Å²) in [5, 5.41) is 13.6. The lowest BCUT2D eigenvalue weighted by molar-refractivity contribution is 0.0688. The Morgan fingerprint density at radius 1 is 1.14 bits per heavy atom. The third-order valence-electron chi connectivity index (χ3n) is 5.43. The highest BCUT2D eigenvalue weighted by molar-refractivity contribution is 7.09. The second-order valence-corrected chi connectivity index (χ2v) is 10.3. The van der Waals surface area contributed by atoms with Crippen molar-refractivity contribution in [1.82, 2.24) is 24.5 Å². The number of hydrogen-bond donors (Lipinski definition) is 1. The molecule has 0 unspecified atom stereocenters. The van der Waals surface area contributed by atoms with Gasteiger partial charge >= 0.3 is 0 Å². The maximum Gasteiger partial charge on any atom is 0.264 e. The van der Waals surface area contributed by atoms with Crippen molar-refractivity contribution in [3.05, 3.63) is 78.6 Å². The molecule has 1 N–H and O–H groups in total. The number of thiazole rings is 1. The number of ether oxygens (including phenoxy) is 1. The third-order valence-corrected chi connectivity index (χ3v) is 6.58. The highest BCUT2D eigenvalue weighted by Crippen LogP contribution is 2.30. The summed E-state index contributed by atoms with van der Waals surface area (Å²) >= 11 is 8.08. The molecule has 4 aromatic rings. The molecular weight excluding hydrogens is 486 g/mol. The van der Waals surface area contributed by atoms with E-state index in [1.165, 1.54) is 15.9 Å². The maximum atomic E-state index is 13.4. The molecule has 3 heterocycles. The van der Waals surface area contributed by atoms with Gasteiger partial charge in [0.05, 0.1) is 32.7 Å². The molecule has 0 fully saturated rings. The molecule has 3 aromatic heterocycles. The van der Waals surface area contributed by atoms with Crippen molar-refractivity contribution >= 4 is 22.9 Å². The summed E-state index contributed by atoms with van der Waals surface area (Å²) in [4.78, 5) is 31.1. The van der Waals surface area contributed by atoms with Crippen LogP contribution < -0.4 is 10.3 Å². The molecule has 10 heteroatoms. The number of aromatic nitrogens is 5. The SMILES string of the molecule is Cc1nc(COc2nc(C)n(-c3cc(-c4nc(C(C)(C)O)ncc4C)ccc3Cl)c(=O)c2C)cs1. The van der Waals surface area contributed by atoms with Crippen LogP contribution in [-0.2, 0) is 12.2 Å². The lowest BCUT2D eigenvalue weighted by Crippen LogP contribution is -2.25.